The molecular weight excluding hydrogens is 312 g/mol. The average molecular weight is 336 g/mol. The molecule has 0 unspecified atom stereocenters. The van der Waals surface area contributed by atoms with Crippen molar-refractivity contribution in [1.82, 2.24) is 9.19 Å². The summed E-state index contributed by atoms with van der Waals surface area (Å²) in [6.45, 7) is 10.3. The van der Waals surface area contributed by atoms with Crippen LogP contribution in [0.4, 0.5) is 0 Å². The largest absolute Gasteiger partial charge is 0.492 e. The molecule has 23 heavy (non-hydrogen) atoms. The van der Waals surface area contributed by atoms with Gasteiger partial charge in [-0.25, -0.2) is 0 Å². The van der Waals surface area contributed by atoms with Crippen molar-refractivity contribution in [3.05, 3.63) is 41.2 Å². The van der Waals surface area contributed by atoms with Gasteiger partial charge in [-0.2, -0.15) is 17.6 Å². The summed E-state index contributed by atoms with van der Waals surface area (Å²) in [6, 6.07) is 5.20. The van der Waals surface area contributed by atoms with Gasteiger partial charge in [-0.1, -0.05) is 20.8 Å². The van der Waals surface area contributed by atoms with Crippen LogP contribution in [-0.4, -0.2) is 24.2 Å². The van der Waals surface area contributed by atoms with Gasteiger partial charge < -0.3 is 4.74 Å². The van der Waals surface area contributed by atoms with Crippen molar-refractivity contribution in [2.45, 2.75) is 51.9 Å². The third kappa shape index (κ3) is 3.58. The van der Waals surface area contributed by atoms with E-state index in [1.54, 1.807) is 19.1 Å². The molecule has 0 aliphatic rings. The summed E-state index contributed by atoms with van der Waals surface area (Å²) in [6.07, 6.45) is 2.27. The van der Waals surface area contributed by atoms with Gasteiger partial charge in [-0.15, -0.1) is 0 Å². The smallest absolute Gasteiger partial charge is 0.286 e. The molecule has 2 aromatic rings. The zero-order chi connectivity index (χ0) is 17.2. The van der Waals surface area contributed by atoms with E-state index in [0.29, 0.717) is 18.1 Å². The van der Waals surface area contributed by atoms with E-state index >= 15 is 0 Å². The molecule has 126 valence electrons. The molecule has 0 radical (unpaired) electrons. The Kier molecular flexibility index (Phi) is 5.14. The van der Waals surface area contributed by atoms with Crippen molar-refractivity contribution in [2.75, 3.05) is 6.61 Å². The summed E-state index contributed by atoms with van der Waals surface area (Å²) in [7, 11) is -3.77. The Bertz CT molecular complexity index is 792. The highest BCUT2D eigenvalue weighted by Crippen LogP contribution is 2.32. The molecule has 1 heterocycles. The number of hydrogen-bond donors (Lipinski definition) is 0. The van der Waals surface area contributed by atoms with Crippen molar-refractivity contribution < 1.29 is 13.2 Å². The first-order valence-corrected chi connectivity index (χ1v) is 9.26. The SMILES string of the molecule is CCCOc1cc(C)c(C(C)C)cc1S(=O)(=O)n1ccc(C)n1. The van der Waals surface area contributed by atoms with Crippen molar-refractivity contribution in [1.29, 1.82) is 0 Å². The van der Waals surface area contributed by atoms with Gasteiger partial charge >= 0.3 is 0 Å². The lowest BCUT2D eigenvalue weighted by Gasteiger charge is -2.17. The van der Waals surface area contributed by atoms with Gasteiger partial charge in [-0.3, -0.25) is 0 Å². The Morgan fingerprint density at radius 2 is 1.96 bits per heavy atom. The molecule has 0 amide bonds. The highest BCUT2D eigenvalue weighted by molar-refractivity contribution is 7.90. The molecule has 6 heteroatoms. The van der Waals surface area contributed by atoms with Crippen LogP contribution in [0.3, 0.4) is 0 Å². The van der Waals surface area contributed by atoms with Gasteiger partial charge in [0.1, 0.15) is 10.6 Å². The number of aromatic nitrogens is 2. The standard InChI is InChI=1S/C17H24N2O3S/c1-6-9-22-16-10-13(4)15(12(2)3)11-17(16)23(20,21)19-8-7-14(5)18-19/h7-8,10-12H,6,9H2,1-5H3. The minimum atomic E-state index is -3.77. The maximum Gasteiger partial charge on any atom is 0.286 e. The Morgan fingerprint density at radius 1 is 1.26 bits per heavy atom. The highest BCUT2D eigenvalue weighted by Gasteiger charge is 2.25. The van der Waals surface area contributed by atoms with Crippen molar-refractivity contribution >= 4 is 10.0 Å². The Morgan fingerprint density at radius 3 is 2.48 bits per heavy atom. The molecule has 5 nitrogen and oxygen atoms in total. The topological polar surface area (TPSA) is 61.2 Å². The second-order valence-electron chi connectivity index (χ2n) is 5.99. The van der Waals surface area contributed by atoms with E-state index in [-0.39, 0.29) is 10.8 Å². The zero-order valence-corrected chi connectivity index (χ0v) is 15.1. The Labute approximate surface area is 138 Å². The number of hydrogen-bond acceptors (Lipinski definition) is 4. The van der Waals surface area contributed by atoms with E-state index in [0.717, 1.165) is 21.6 Å². The number of ether oxygens (including phenoxy) is 1. The normalized spacial score (nSPS) is 11.9. The van der Waals surface area contributed by atoms with Crippen molar-refractivity contribution in [3.63, 3.8) is 0 Å². The van der Waals surface area contributed by atoms with Crippen LogP contribution in [-0.2, 0) is 10.0 Å². The lowest BCUT2D eigenvalue weighted by atomic mass is 9.98. The third-order valence-corrected chi connectivity index (χ3v) is 5.21. The number of benzene rings is 1. The van der Waals surface area contributed by atoms with Crippen LogP contribution in [0, 0.1) is 13.8 Å². The molecule has 0 atom stereocenters. The Balaban J connectivity index is 2.64. The molecular formula is C17H24N2O3S. The van der Waals surface area contributed by atoms with Crippen LogP contribution in [0.5, 0.6) is 5.75 Å². The van der Waals surface area contributed by atoms with Crippen LogP contribution in [0.15, 0.2) is 29.3 Å². The Hall–Kier alpha value is -1.82. The molecule has 1 aromatic heterocycles. The molecule has 2 rings (SSSR count). The molecule has 0 saturated heterocycles. The van der Waals surface area contributed by atoms with E-state index in [4.69, 9.17) is 4.74 Å². The fourth-order valence-corrected chi connectivity index (χ4v) is 3.76. The highest BCUT2D eigenvalue weighted by atomic mass is 32.2. The lowest BCUT2D eigenvalue weighted by Crippen LogP contribution is -2.16. The van der Waals surface area contributed by atoms with Gasteiger partial charge in [-0.05, 0) is 55.5 Å². The number of aryl methyl sites for hydroxylation is 2. The predicted molar refractivity (Wildman–Crippen MR) is 90.6 cm³/mol. The van der Waals surface area contributed by atoms with E-state index in [9.17, 15) is 8.42 Å². The van der Waals surface area contributed by atoms with Crippen molar-refractivity contribution in [3.8, 4) is 5.75 Å². The fraction of sp³-hybridized carbons (Fsp3) is 0.471. The van der Waals surface area contributed by atoms with Gasteiger partial charge in [0.05, 0.1) is 12.3 Å². The third-order valence-electron chi connectivity index (χ3n) is 3.64. The minimum Gasteiger partial charge on any atom is -0.492 e. The predicted octanol–water partition coefficient (Wildman–Crippen LogP) is 3.65. The number of nitrogens with zero attached hydrogens (tertiary/aromatic N) is 2. The van der Waals surface area contributed by atoms with Crippen LogP contribution in [0.1, 0.15) is 49.9 Å². The summed E-state index contributed by atoms with van der Waals surface area (Å²) in [5.74, 6) is 0.616. The molecule has 1 aromatic carbocycles. The van der Waals surface area contributed by atoms with Gasteiger partial charge in [0.25, 0.3) is 10.0 Å². The minimum absolute atomic E-state index is 0.170. The lowest BCUT2D eigenvalue weighted by molar-refractivity contribution is 0.308. The molecule has 0 aliphatic carbocycles. The first-order chi connectivity index (χ1) is 10.8. The second-order valence-corrected chi connectivity index (χ2v) is 7.76. The van der Waals surface area contributed by atoms with Crippen LogP contribution >= 0.6 is 0 Å². The van der Waals surface area contributed by atoms with E-state index in [1.807, 2.05) is 33.8 Å². The van der Waals surface area contributed by atoms with Gasteiger partial charge in [0, 0.05) is 6.20 Å². The first-order valence-electron chi connectivity index (χ1n) is 7.82. The summed E-state index contributed by atoms with van der Waals surface area (Å²) in [5.41, 5.74) is 2.68. The van der Waals surface area contributed by atoms with Crippen molar-refractivity contribution in [2.24, 2.45) is 0 Å². The first kappa shape index (κ1) is 17.5. The van der Waals surface area contributed by atoms with Crippen LogP contribution in [0.25, 0.3) is 0 Å². The molecule has 0 fully saturated rings. The summed E-state index contributed by atoms with van der Waals surface area (Å²) in [5, 5.41) is 4.05. The maximum atomic E-state index is 12.9. The summed E-state index contributed by atoms with van der Waals surface area (Å²) >= 11 is 0. The van der Waals surface area contributed by atoms with Crippen LogP contribution in [0.2, 0.25) is 0 Å². The van der Waals surface area contributed by atoms with E-state index < -0.39 is 10.0 Å². The maximum absolute atomic E-state index is 12.9. The molecule has 0 saturated carbocycles. The summed E-state index contributed by atoms with van der Waals surface area (Å²) < 4.78 is 32.6. The monoisotopic (exact) mass is 336 g/mol. The summed E-state index contributed by atoms with van der Waals surface area (Å²) in [4.78, 5) is 0.170. The average Bonchev–Trinajstić information content (AvgIpc) is 2.91. The molecule has 0 bridgehead atoms. The van der Waals surface area contributed by atoms with E-state index in [2.05, 4.69) is 5.10 Å². The molecule has 0 aliphatic heterocycles. The zero-order valence-electron chi connectivity index (χ0n) is 14.3. The number of rotatable bonds is 6. The van der Waals surface area contributed by atoms with Crippen LogP contribution < -0.4 is 4.74 Å². The van der Waals surface area contributed by atoms with Gasteiger partial charge in [0.15, 0.2) is 0 Å². The fourth-order valence-electron chi connectivity index (χ4n) is 2.45. The quantitative estimate of drug-likeness (QED) is 0.808. The van der Waals surface area contributed by atoms with E-state index in [1.165, 1.54) is 6.20 Å². The molecule has 0 spiro atoms. The second kappa shape index (κ2) is 6.74. The molecule has 0 N–H and O–H groups in total. The van der Waals surface area contributed by atoms with Gasteiger partial charge in [0.2, 0.25) is 0 Å².